The Hall–Kier alpha value is -3.74. The number of nitrogens with zero attached hydrogens (tertiary/aromatic N) is 3. The lowest BCUT2D eigenvalue weighted by Gasteiger charge is -2.34. The minimum Gasteiger partial charge on any atom is -0.371 e. The van der Waals surface area contributed by atoms with E-state index >= 15 is 0 Å². The van der Waals surface area contributed by atoms with Crippen LogP contribution in [0.15, 0.2) is 66.9 Å². The zero-order valence-corrected chi connectivity index (χ0v) is 19.7. The molecule has 1 saturated heterocycles. The van der Waals surface area contributed by atoms with Crippen molar-refractivity contribution in [2.45, 2.75) is 38.6 Å². The lowest BCUT2D eigenvalue weighted by Crippen LogP contribution is -2.32. The minimum atomic E-state index is -0.446. The molecule has 0 spiro atoms. The molecule has 2 aromatic carbocycles. The van der Waals surface area contributed by atoms with Crippen molar-refractivity contribution in [3.05, 3.63) is 101 Å². The van der Waals surface area contributed by atoms with E-state index in [1.54, 1.807) is 12.3 Å². The van der Waals surface area contributed by atoms with Crippen LogP contribution in [0.3, 0.4) is 0 Å². The van der Waals surface area contributed by atoms with Crippen molar-refractivity contribution < 1.29 is 13.6 Å². The molecule has 1 amide bonds. The van der Waals surface area contributed by atoms with Crippen molar-refractivity contribution in [1.29, 1.82) is 0 Å². The van der Waals surface area contributed by atoms with Gasteiger partial charge in [0, 0.05) is 31.5 Å². The SMILES string of the molecule is CCc1nc2c(F)cccn2c1C(=O)NCc1ccc(N2CCC(c3ccc(F)cc3)CC2)cc1. The molecule has 35 heavy (non-hydrogen) atoms. The predicted molar refractivity (Wildman–Crippen MR) is 133 cm³/mol. The number of rotatable bonds is 6. The Morgan fingerprint density at radius 2 is 1.74 bits per heavy atom. The van der Waals surface area contributed by atoms with Crippen molar-refractivity contribution >= 4 is 17.2 Å². The molecular weight excluding hydrogens is 446 g/mol. The van der Waals surface area contributed by atoms with Gasteiger partial charge in [0.15, 0.2) is 11.5 Å². The number of aromatic nitrogens is 2. The molecule has 2 aromatic heterocycles. The second-order valence-corrected chi connectivity index (χ2v) is 8.97. The summed E-state index contributed by atoms with van der Waals surface area (Å²) in [7, 11) is 0. The van der Waals surface area contributed by atoms with E-state index in [1.165, 1.54) is 28.2 Å². The lowest BCUT2D eigenvalue weighted by atomic mass is 9.89. The van der Waals surface area contributed by atoms with E-state index in [0.29, 0.717) is 30.3 Å². The fourth-order valence-corrected chi connectivity index (χ4v) is 4.86. The number of benzene rings is 2. The van der Waals surface area contributed by atoms with E-state index in [4.69, 9.17) is 0 Å². The normalized spacial score (nSPS) is 14.4. The first-order valence-corrected chi connectivity index (χ1v) is 12.1. The van der Waals surface area contributed by atoms with Gasteiger partial charge in [-0.3, -0.25) is 9.20 Å². The average Bonchev–Trinajstić information content (AvgIpc) is 3.28. The van der Waals surface area contributed by atoms with Gasteiger partial charge in [0.05, 0.1) is 5.69 Å². The van der Waals surface area contributed by atoms with E-state index in [0.717, 1.165) is 37.2 Å². The van der Waals surface area contributed by atoms with Gasteiger partial charge < -0.3 is 10.2 Å². The van der Waals surface area contributed by atoms with Crippen LogP contribution in [0.5, 0.6) is 0 Å². The summed E-state index contributed by atoms with van der Waals surface area (Å²) in [6, 6.07) is 18.0. The molecule has 0 unspecified atom stereocenters. The number of pyridine rings is 1. The largest absolute Gasteiger partial charge is 0.371 e. The molecule has 1 fully saturated rings. The summed E-state index contributed by atoms with van der Waals surface area (Å²) in [5, 5.41) is 2.95. The van der Waals surface area contributed by atoms with Gasteiger partial charge in [0.1, 0.15) is 11.5 Å². The number of aryl methyl sites for hydroxylation is 1. The number of fused-ring (bicyclic) bond motifs is 1. The fraction of sp³-hybridized carbons (Fsp3) is 0.286. The fourth-order valence-electron chi connectivity index (χ4n) is 4.86. The number of nitrogens with one attached hydrogen (secondary N) is 1. The summed E-state index contributed by atoms with van der Waals surface area (Å²) in [6.45, 7) is 4.17. The van der Waals surface area contributed by atoms with Gasteiger partial charge in [0.25, 0.3) is 5.91 Å². The molecule has 1 aliphatic heterocycles. The van der Waals surface area contributed by atoms with Crippen molar-refractivity contribution in [3.8, 4) is 0 Å². The maximum atomic E-state index is 14.1. The smallest absolute Gasteiger partial charge is 0.270 e. The van der Waals surface area contributed by atoms with Gasteiger partial charge in [-0.2, -0.15) is 0 Å². The summed E-state index contributed by atoms with van der Waals surface area (Å²) in [5.74, 6) is -0.450. The molecule has 0 atom stereocenters. The average molecular weight is 475 g/mol. The highest BCUT2D eigenvalue weighted by Gasteiger charge is 2.22. The number of carbonyl (C=O) groups excluding carboxylic acids is 1. The van der Waals surface area contributed by atoms with Crippen LogP contribution >= 0.6 is 0 Å². The summed E-state index contributed by atoms with van der Waals surface area (Å²) in [6.07, 6.45) is 4.26. The van der Waals surface area contributed by atoms with E-state index < -0.39 is 5.82 Å². The van der Waals surface area contributed by atoms with Gasteiger partial charge >= 0.3 is 0 Å². The number of imidazole rings is 1. The number of hydrogen-bond donors (Lipinski definition) is 1. The Morgan fingerprint density at radius 1 is 1.03 bits per heavy atom. The Labute approximate surface area is 203 Å². The van der Waals surface area contributed by atoms with Crippen LogP contribution in [0.4, 0.5) is 14.5 Å². The molecule has 0 bridgehead atoms. The molecule has 5 nitrogen and oxygen atoms in total. The van der Waals surface area contributed by atoms with Gasteiger partial charge in [-0.05, 0) is 72.7 Å². The Balaban J connectivity index is 1.20. The number of halogens is 2. The zero-order chi connectivity index (χ0) is 24.4. The Morgan fingerprint density at radius 3 is 2.43 bits per heavy atom. The third-order valence-electron chi connectivity index (χ3n) is 6.82. The van der Waals surface area contributed by atoms with Crippen molar-refractivity contribution in [2.24, 2.45) is 0 Å². The summed E-state index contributed by atoms with van der Waals surface area (Å²) >= 11 is 0. The lowest BCUT2D eigenvalue weighted by molar-refractivity contribution is 0.0944. The molecule has 7 heteroatoms. The summed E-state index contributed by atoms with van der Waals surface area (Å²) in [4.78, 5) is 19.6. The van der Waals surface area contributed by atoms with Crippen LogP contribution in [0, 0.1) is 11.6 Å². The molecule has 3 heterocycles. The number of piperidine rings is 1. The van der Waals surface area contributed by atoms with Gasteiger partial charge in [0.2, 0.25) is 0 Å². The monoisotopic (exact) mass is 474 g/mol. The highest BCUT2D eigenvalue weighted by atomic mass is 19.1. The molecule has 4 aromatic rings. The van der Waals surface area contributed by atoms with Crippen LogP contribution < -0.4 is 10.2 Å². The van der Waals surface area contributed by atoms with E-state index in [-0.39, 0.29) is 17.4 Å². The van der Waals surface area contributed by atoms with Crippen LogP contribution in [-0.4, -0.2) is 28.4 Å². The van der Waals surface area contributed by atoms with E-state index in [9.17, 15) is 13.6 Å². The van der Waals surface area contributed by atoms with Crippen LogP contribution in [0.1, 0.15) is 53.0 Å². The predicted octanol–water partition coefficient (Wildman–Crippen LogP) is 5.49. The van der Waals surface area contributed by atoms with Crippen LogP contribution in [-0.2, 0) is 13.0 Å². The first kappa shape index (κ1) is 23.0. The highest BCUT2D eigenvalue weighted by molar-refractivity contribution is 5.94. The van der Waals surface area contributed by atoms with E-state index in [1.807, 2.05) is 31.2 Å². The van der Waals surface area contributed by atoms with Crippen LogP contribution in [0.2, 0.25) is 0 Å². The Bertz CT molecular complexity index is 1320. The summed E-state index contributed by atoms with van der Waals surface area (Å²) < 4.78 is 28.8. The molecule has 0 saturated carbocycles. The van der Waals surface area contributed by atoms with E-state index in [2.05, 4.69) is 27.3 Å². The molecule has 0 radical (unpaired) electrons. The third kappa shape index (κ3) is 4.76. The standard InChI is InChI=1S/C28H28F2N4O/c1-2-25-26(34-15-3-4-24(30)27(34)32-25)28(35)31-18-19-5-11-23(12-6-19)33-16-13-21(14-17-33)20-7-9-22(29)10-8-20/h3-12,15,21H,2,13-14,16-18H2,1H3,(H,31,35). The van der Waals surface area contributed by atoms with Crippen molar-refractivity contribution in [3.63, 3.8) is 0 Å². The van der Waals surface area contributed by atoms with Crippen molar-refractivity contribution in [1.82, 2.24) is 14.7 Å². The molecule has 180 valence electrons. The maximum absolute atomic E-state index is 14.1. The van der Waals surface area contributed by atoms with Gasteiger partial charge in [-0.15, -0.1) is 0 Å². The third-order valence-corrected chi connectivity index (χ3v) is 6.82. The first-order valence-electron chi connectivity index (χ1n) is 12.1. The molecule has 0 aliphatic carbocycles. The second kappa shape index (κ2) is 9.86. The molecule has 5 rings (SSSR count). The molecule has 1 aliphatic rings. The quantitative estimate of drug-likeness (QED) is 0.402. The summed E-state index contributed by atoms with van der Waals surface area (Å²) in [5.41, 5.74) is 4.47. The number of carbonyl (C=O) groups is 1. The zero-order valence-electron chi connectivity index (χ0n) is 19.7. The van der Waals surface area contributed by atoms with Gasteiger partial charge in [-0.25, -0.2) is 13.8 Å². The topological polar surface area (TPSA) is 49.6 Å². The van der Waals surface area contributed by atoms with Crippen LogP contribution in [0.25, 0.3) is 5.65 Å². The molecular formula is C28H28F2N4O. The maximum Gasteiger partial charge on any atom is 0.270 e. The first-order chi connectivity index (χ1) is 17.0. The van der Waals surface area contributed by atoms with Crippen molar-refractivity contribution in [2.75, 3.05) is 18.0 Å². The number of amides is 1. The Kier molecular flexibility index (Phi) is 6.49. The second-order valence-electron chi connectivity index (χ2n) is 8.97. The molecule has 1 N–H and O–H groups in total. The number of hydrogen-bond acceptors (Lipinski definition) is 3. The van der Waals surface area contributed by atoms with Gasteiger partial charge in [-0.1, -0.05) is 31.2 Å². The highest BCUT2D eigenvalue weighted by Crippen LogP contribution is 2.30. The minimum absolute atomic E-state index is 0.169. The number of anilines is 1.